The van der Waals surface area contributed by atoms with Crippen molar-refractivity contribution in [2.75, 3.05) is 6.54 Å². The topological polar surface area (TPSA) is 101 Å². The number of hydrogen-bond donors (Lipinski definition) is 2. The smallest absolute Gasteiger partial charge is 0.243 e. The number of aryl methyl sites for hydroxylation is 2. The van der Waals surface area contributed by atoms with Crippen LogP contribution in [0, 0.1) is 6.92 Å². The molecule has 0 radical (unpaired) electrons. The normalized spacial score (nSPS) is 17.4. The summed E-state index contributed by atoms with van der Waals surface area (Å²) in [5, 5.41) is 16.7. The number of aromatic nitrogens is 2. The summed E-state index contributed by atoms with van der Waals surface area (Å²) >= 11 is 0. The zero-order valence-corrected chi connectivity index (χ0v) is 19.6. The van der Waals surface area contributed by atoms with Gasteiger partial charge in [-0.3, -0.25) is 9.59 Å². The monoisotopic (exact) mass is 452 g/mol. The van der Waals surface area contributed by atoms with Gasteiger partial charge in [-0.2, -0.15) is 0 Å². The molecule has 2 N–H and O–H groups in total. The highest BCUT2D eigenvalue weighted by Crippen LogP contribution is 2.21. The van der Waals surface area contributed by atoms with Gasteiger partial charge in [-0.15, -0.1) is 0 Å². The first-order chi connectivity index (χ1) is 15.9. The van der Waals surface area contributed by atoms with Gasteiger partial charge in [0.05, 0.1) is 18.2 Å². The molecule has 1 aromatic carbocycles. The predicted molar refractivity (Wildman–Crippen MR) is 125 cm³/mol. The summed E-state index contributed by atoms with van der Waals surface area (Å²) in [5.41, 5.74) is 3.86. The summed E-state index contributed by atoms with van der Waals surface area (Å²) < 4.78 is 7.15. The first kappa shape index (κ1) is 24.3. The van der Waals surface area contributed by atoms with Crippen LogP contribution in [0.25, 0.3) is 11.3 Å². The van der Waals surface area contributed by atoms with Gasteiger partial charge in [0.25, 0.3) is 0 Å². The number of β-amino-alcohol motifs (C(OH)–C–C–N with tert-alkyl or cyclic N) is 1. The molecular weight excluding hydrogens is 420 g/mol. The molecule has 3 heterocycles. The highest BCUT2D eigenvalue weighted by atomic mass is 16.5. The molecule has 8 heteroatoms. The van der Waals surface area contributed by atoms with Crippen LogP contribution in [0.4, 0.5) is 0 Å². The third-order valence-corrected chi connectivity index (χ3v) is 5.56. The number of aliphatic hydroxyl groups excluding tert-OH is 1. The molecule has 4 rings (SSSR count). The molecule has 1 aliphatic heterocycles. The summed E-state index contributed by atoms with van der Waals surface area (Å²) in [6, 6.07) is 13.0. The van der Waals surface area contributed by atoms with E-state index in [1.165, 1.54) is 4.90 Å². The van der Waals surface area contributed by atoms with Crippen molar-refractivity contribution in [2.45, 2.75) is 52.3 Å². The number of aliphatic hydroxyl groups is 1. The van der Waals surface area contributed by atoms with Crippen LogP contribution < -0.4 is 5.32 Å². The van der Waals surface area contributed by atoms with Crippen molar-refractivity contribution in [3.05, 3.63) is 65.7 Å². The van der Waals surface area contributed by atoms with Gasteiger partial charge in [0.2, 0.25) is 11.8 Å². The number of nitrogens with one attached hydrogen (secondary N) is 1. The summed E-state index contributed by atoms with van der Waals surface area (Å²) in [4.78, 5) is 26.9. The average molecular weight is 453 g/mol. The average Bonchev–Trinajstić information content (AvgIpc) is 3.54. The Morgan fingerprint density at radius 2 is 1.94 bits per heavy atom. The largest absolute Gasteiger partial charge is 0.391 e. The SMILES string of the molecule is CC.Cc1cc(CC(=O)N2C[C@H](O)CC2C(=O)NCc2ccc(-c3cccn3C)cc2)on1. The summed E-state index contributed by atoms with van der Waals surface area (Å²) in [7, 11) is 2.00. The van der Waals surface area contributed by atoms with Gasteiger partial charge in [0, 0.05) is 44.5 Å². The van der Waals surface area contributed by atoms with Gasteiger partial charge in [-0.05, 0) is 30.2 Å². The first-order valence-corrected chi connectivity index (χ1v) is 11.3. The molecular formula is C25H32N4O4. The molecule has 3 aromatic rings. The van der Waals surface area contributed by atoms with Crippen LogP contribution in [0.2, 0.25) is 0 Å². The van der Waals surface area contributed by atoms with Crippen molar-refractivity contribution in [3.8, 4) is 11.3 Å². The number of nitrogens with zero attached hydrogens (tertiary/aromatic N) is 3. The van der Waals surface area contributed by atoms with Crippen LogP contribution in [0.1, 0.15) is 37.3 Å². The fourth-order valence-electron chi connectivity index (χ4n) is 3.95. The maximum absolute atomic E-state index is 12.8. The van der Waals surface area contributed by atoms with E-state index < -0.39 is 12.1 Å². The van der Waals surface area contributed by atoms with E-state index in [1.807, 2.05) is 68.1 Å². The van der Waals surface area contributed by atoms with Crippen molar-refractivity contribution in [2.24, 2.45) is 7.05 Å². The number of benzene rings is 1. The number of hydrogen-bond acceptors (Lipinski definition) is 5. The fourth-order valence-corrected chi connectivity index (χ4v) is 3.95. The van der Waals surface area contributed by atoms with Gasteiger partial charge in [-0.1, -0.05) is 43.3 Å². The Bertz CT molecular complexity index is 1070. The third-order valence-electron chi connectivity index (χ3n) is 5.56. The van der Waals surface area contributed by atoms with E-state index in [-0.39, 0.29) is 31.2 Å². The lowest BCUT2D eigenvalue weighted by atomic mass is 10.1. The molecule has 8 nitrogen and oxygen atoms in total. The van der Waals surface area contributed by atoms with E-state index in [1.54, 1.807) is 13.0 Å². The lowest BCUT2D eigenvalue weighted by Gasteiger charge is -2.23. The summed E-state index contributed by atoms with van der Waals surface area (Å²) in [5.74, 6) is -0.0914. The van der Waals surface area contributed by atoms with E-state index in [9.17, 15) is 14.7 Å². The Morgan fingerprint density at radius 3 is 2.55 bits per heavy atom. The second-order valence-corrected chi connectivity index (χ2v) is 7.98. The van der Waals surface area contributed by atoms with Crippen LogP contribution in [0.3, 0.4) is 0 Å². The zero-order chi connectivity index (χ0) is 24.0. The minimum atomic E-state index is -0.722. The molecule has 2 atom stereocenters. The minimum absolute atomic E-state index is 0.0119. The Labute approximate surface area is 194 Å². The Kier molecular flexibility index (Phi) is 8.06. The molecule has 1 fully saturated rings. The molecule has 0 spiro atoms. The molecule has 2 amide bonds. The second kappa shape index (κ2) is 11.0. The maximum atomic E-state index is 12.8. The second-order valence-electron chi connectivity index (χ2n) is 7.98. The standard InChI is InChI=1S/C23H26N4O4.C2H6/c1-15-10-19(31-25-15)12-22(29)27-14-18(28)11-21(27)23(30)24-13-16-5-7-17(8-6-16)20-4-3-9-26(20)2;1-2/h3-10,18,21,28H,11-14H2,1-2H3,(H,24,30);1-2H3/t18-,21?;/m1./s1. The molecule has 2 aromatic heterocycles. The molecule has 1 aliphatic rings. The van der Waals surface area contributed by atoms with E-state index in [0.29, 0.717) is 18.0 Å². The van der Waals surface area contributed by atoms with Crippen molar-refractivity contribution in [3.63, 3.8) is 0 Å². The van der Waals surface area contributed by atoms with E-state index in [4.69, 9.17) is 4.52 Å². The minimum Gasteiger partial charge on any atom is -0.391 e. The van der Waals surface area contributed by atoms with Gasteiger partial charge in [0.1, 0.15) is 11.8 Å². The molecule has 0 aliphatic carbocycles. The van der Waals surface area contributed by atoms with E-state index in [2.05, 4.69) is 10.5 Å². The first-order valence-electron chi connectivity index (χ1n) is 11.3. The number of rotatable bonds is 6. The van der Waals surface area contributed by atoms with Gasteiger partial charge in [-0.25, -0.2) is 0 Å². The number of carbonyl (C=O) groups is 2. The molecule has 0 bridgehead atoms. The Morgan fingerprint density at radius 1 is 1.21 bits per heavy atom. The van der Waals surface area contributed by atoms with Crippen LogP contribution in [-0.2, 0) is 29.6 Å². The van der Waals surface area contributed by atoms with Crippen molar-refractivity contribution in [1.82, 2.24) is 19.9 Å². The zero-order valence-electron chi connectivity index (χ0n) is 19.6. The Balaban J connectivity index is 0.00000149. The van der Waals surface area contributed by atoms with Gasteiger partial charge in [0.15, 0.2) is 0 Å². The van der Waals surface area contributed by atoms with Gasteiger partial charge < -0.3 is 24.4 Å². The lowest BCUT2D eigenvalue weighted by molar-refractivity contribution is -0.138. The Hall–Kier alpha value is -3.39. The fraction of sp³-hybridized carbons (Fsp3) is 0.400. The summed E-state index contributed by atoms with van der Waals surface area (Å²) in [6.45, 7) is 6.26. The number of carbonyl (C=O) groups excluding carboxylic acids is 2. The van der Waals surface area contributed by atoms with E-state index >= 15 is 0 Å². The number of amides is 2. The molecule has 1 saturated heterocycles. The maximum Gasteiger partial charge on any atom is 0.243 e. The predicted octanol–water partition coefficient (Wildman–Crippen LogP) is 2.84. The van der Waals surface area contributed by atoms with E-state index in [0.717, 1.165) is 16.8 Å². The van der Waals surface area contributed by atoms with Crippen LogP contribution in [0.5, 0.6) is 0 Å². The van der Waals surface area contributed by atoms with Crippen LogP contribution >= 0.6 is 0 Å². The van der Waals surface area contributed by atoms with Crippen molar-refractivity contribution < 1.29 is 19.2 Å². The lowest BCUT2D eigenvalue weighted by Crippen LogP contribution is -2.46. The highest BCUT2D eigenvalue weighted by molar-refractivity contribution is 5.89. The third kappa shape index (κ3) is 5.90. The van der Waals surface area contributed by atoms with Gasteiger partial charge >= 0.3 is 0 Å². The van der Waals surface area contributed by atoms with Crippen LogP contribution in [0.15, 0.2) is 53.2 Å². The summed E-state index contributed by atoms with van der Waals surface area (Å²) in [6.07, 6.45) is 1.51. The molecule has 33 heavy (non-hydrogen) atoms. The molecule has 1 unspecified atom stereocenters. The molecule has 176 valence electrons. The highest BCUT2D eigenvalue weighted by Gasteiger charge is 2.38. The van der Waals surface area contributed by atoms with Crippen molar-refractivity contribution in [1.29, 1.82) is 0 Å². The van der Waals surface area contributed by atoms with Crippen molar-refractivity contribution >= 4 is 11.8 Å². The molecule has 0 saturated carbocycles. The number of likely N-dealkylation sites (tertiary alicyclic amines) is 1. The quantitative estimate of drug-likeness (QED) is 0.599. The van der Waals surface area contributed by atoms with Crippen LogP contribution in [-0.4, -0.2) is 50.2 Å².